The molecule has 0 saturated heterocycles. The topological polar surface area (TPSA) is 66.6 Å². The molecule has 2 aliphatic rings. The number of thiocarbonyl (C=S) groups is 2. The van der Waals surface area contributed by atoms with Crippen molar-refractivity contribution in [2.75, 3.05) is 19.5 Å². The zero-order valence-corrected chi connectivity index (χ0v) is 17.1. The van der Waals surface area contributed by atoms with Crippen molar-refractivity contribution in [1.82, 2.24) is 16.2 Å². The number of methoxy groups -OCH3 is 2. The Bertz CT molecular complexity index is 704. The number of fused-ring (bicyclic) bond motifs is 2. The first-order chi connectivity index (χ1) is 12.5. The van der Waals surface area contributed by atoms with Crippen molar-refractivity contribution in [3.63, 3.8) is 0 Å². The lowest BCUT2D eigenvalue weighted by atomic mass is 9.96. The summed E-state index contributed by atoms with van der Waals surface area (Å²) in [5.74, 6) is 2.70. The largest absolute Gasteiger partial charge is 0.495 e. The highest BCUT2D eigenvalue weighted by molar-refractivity contribution is 7.80. The maximum absolute atomic E-state index is 6.11. The smallest absolute Gasteiger partial charge is 0.189 e. The normalized spacial score (nSPS) is 23.3. The molecule has 0 amide bonds. The zero-order chi connectivity index (χ0) is 18.7. The van der Waals surface area contributed by atoms with Crippen LogP contribution in [-0.2, 0) is 0 Å². The third-order valence-electron chi connectivity index (χ3n) is 5.07. The molecule has 1 aromatic rings. The maximum atomic E-state index is 6.11. The van der Waals surface area contributed by atoms with E-state index in [0.29, 0.717) is 38.5 Å². The van der Waals surface area contributed by atoms with E-state index in [1.54, 1.807) is 26.4 Å². The lowest BCUT2D eigenvalue weighted by Gasteiger charge is -2.25. The van der Waals surface area contributed by atoms with Crippen molar-refractivity contribution in [3.8, 4) is 11.5 Å². The van der Waals surface area contributed by atoms with Gasteiger partial charge in [-0.1, -0.05) is 18.0 Å². The molecule has 9 heteroatoms. The average Bonchev–Trinajstić information content (AvgIpc) is 3.24. The van der Waals surface area contributed by atoms with Crippen LogP contribution in [0.2, 0.25) is 5.02 Å². The SMILES string of the molecule is COc1cc(NC(=S)NNC(=S)NC2CC3CCC2C3)c(OC)cc1Cl. The van der Waals surface area contributed by atoms with Crippen LogP contribution >= 0.6 is 36.0 Å². The molecule has 3 atom stereocenters. The Balaban J connectivity index is 1.50. The molecule has 2 saturated carbocycles. The van der Waals surface area contributed by atoms with E-state index < -0.39 is 0 Å². The molecule has 3 rings (SSSR count). The molecule has 0 aliphatic heterocycles. The summed E-state index contributed by atoms with van der Waals surface area (Å²) in [6, 6.07) is 3.86. The summed E-state index contributed by atoms with van der Waals surface area (Å²) in [6.45, 7) is 0. The van der Waals surface area contributed by atoms with Crippen molar-refractivity contribution in [2.45, 2.75) is 31.7 Å². The summed E-state index contributed by atoms with van der Waals surface area (Å²) in [6.07, 6.45) is 5.20. The number of nitrogens with one attached hydrogen (secondary N) is 4. The van der Waals surface area contributed by atoms with Gasteiger partial charge in [0.1, 0.15) is 11.5 Å². The molecule has 3 unspecified atom stereocenters. The van der Waals surface area contributed by atoms with Crippen LogP contribution < -0.4 is 31.0 Å². The number of ether oxygens (including phenoxy) is 2. The van der Waals surface area contributed by atoms with Crippen LogP contribution in [-0.4, -0.2) is 30.5 Å². The van der Waals surface area contributed by atoms with E-state index in [-0.39, 0.29) is 0 Å². The standard InChI is InChI=1S/C17H23ClN4O2S2/c1-23-14-8-13(15(24-2)7-11(14)18)20-17(26)22-21-16(25)19-12-6-9-3-4-10(12)5-9/h7-10,12H,3-6H2,1-2H3,(H2,19,21,25)(H2,20,22,26). The molecule has 0 aromatic heterocycles. The second-order valence-corrected chi connectivity index (χ2v) is 7.87. The fourth-order valence-corrected chi connectivity index (χ4v) is 4.45. The van der Waals surface area contributed by atoms with Gasteiger partial charge in [0, 0.05) is 18.2 Å². The summed E-state index contributed by atoms with van der Waals surface area (Å²) in [4.78, 5) is 0. The first kappa shape index (κ1) is 19.3. The number of rotatable bonds is 4. The van der Waals surface area contributed by atoms with Crippen LogP contribution in [0, 0.1) is 11.8 Å². The van der Waals surface area contributed by atoms with Gasteiger partial charge >= 0.3 is 0 Å². The molecule has 0 heterocycles. The molecule has 0 radical (unpaired) electrons. The monoisotopic (exact) mass is 414 g/mol. The van der Waals surface area contributed by atoms with Crippen molar-refractivity contribution < 1.29 is 9.47 Å². The van der Waals surface area contributed by atoms with Crippen molar-refractivity contribution in [2.24, 2.45) is 11.8 Å². The lowest BCUT2D eigenvalue weighted by Crippen LogP contribution is -2.51. The molecule has 142 valence electrons. The Labute approximate surface area is 169 Å². The molecule has 1 aromatic carbocycles. The Morgan fingerprint density at radius 1 is 1.04 bits per heavy atom. The van der Waals surface area contributed by atoms with Gasteiger partial charge in [-0.25, -0.2) is 0 Å². The highest BCUT2D eigenvalue weighted by Gasteiger charge is 2.39. The van der Waals surface area contributed by atoms with Gasteiger partial charge in [0.15, 0.2) is 10.2 Å². The number of hydrogen-bond donors (Lipinski definition) is 4. The molecule has 2 aliphatic carbocycles. The van der Waals surface area contributed by atoms with Gasteiger partial charge in [-0.15, -0.1) is 0 Å². The van der Waals surface area contributed by atoms with E-state index >= 15 is 0 Å². The fraction of sp³-hybridized carbons (Fsp3) is 0.529. The Morgan fingerprint density at radius 2 is 1.77 bits per heavy atom. The van der Waals surface area contributed by atoms with Gasteiger partial charge in [0.05, 0.1) is 24.9 Å². The zero-order valence-electron chi connectivity index (χ0n) is 14.7. The predicted molar refractivity (Wildman–Crippen MR) is 112 cm³/mol. The predicted octanol–water partition coefficient (Wildman–Crippen LogP) is 3.21. The van der Waals surface area contributed by atoms with Crippen molar-refractivity contribution in [1.29, 1.82) is 0 Å². The fourth-order valence-electron chi connectivity index (χ4n) is 3.85. The third kappa shape index (κ3) is 4.42. The van der Waals surface area contributed by atoms with Gasteiger partial charge in [0.25, 0.3) is 0 Å². The molecule has 2 fully saturated rings. The van der Waals surface area contributed by atoms with Gasteiger partial charge in [-0.2, -0.15) is 0 Å². The molecular weight excluding hydrogens is 392 g/mol. The van der Waals surface area contributed by atoms with E-state index in [1.165, 1.54) is 25.7 Å². The van der Waals surface area contributed by atoms with E-state index in [2.05, 4.69) is 21.5 Å². The first-order valence-corrected chi connectivity index (χ1v) is 9.74. The number of hydrazine groups is 1. The molecular formula is C17H23ClN4O2S2. The van der Waals surface area contributed by atoms with Crippen LogP contribution in [0.3, 0.4) is 0 Å². The Kier molecular flexibility index (Phi) is 6.26. The Morgan fingerprint density at radius 3 is 2.38 bits per heavy atom. The minimum atomic E-state index is 0.352. The van der Waals surface area contributed by atoms with Gasteiger partial charge < -0.3 is 20.1 Å². The highest BCUT2D eigenvalue weighted by Crippen LogP contribution is 2.44. The van der Waals surface area contributed by atoms with Gasteiger partial charge in [-0.05, 0) is 55.5 Å². The van der Waals surface area contributed by atoms with Crippen molar-refractivity contribution in [3.05, 3.63) is 17.2 Å². The number of anilines is 1. The minimum Gasteiger partial charge on any atom is -0.495 e. The summed E-state index contributed by atoms with van der Waals surface area (Å²) in [7, 11) is 3.11. The maximum Gasteiger partial charge on any atom is 0.189 e. The summed E-state index contributed by atoms with van der Waals surface area (Å²) in [5.41, 5.74) is 6.46. The molecule has 26 heavy (non-hydrogen) atoms. The van der Waals surface area contributed by atoms with Crippen LogP contribution in [0.1, 0.15) is 25.7 Å². The average molecular weight is 415 g/mol. The molecule has 6 nitrogen and oxygen atoms in total. The van der Waals surface area contributed by atoms with Crippen LogP contribution in [0.4, 0.5) is 5.69 Å². The summed E-state index contributed by atoms with van der Waals surface area (Å²) >= 11 is 16.8. The number of benzene rings is 1. The van der Waals surface area contributed by atoms with E-state index in [1.807, 2.05) is 0 Å². The van der Waals surface area contributed by atoms with E-state index in [0.717, 1.165) is 11.8 Å². The third-order valence-corrected chi connectivity index (χ3v) is 5.79. The first-order valence-electron chi connectivity index (χ1n) is 8.55. The second kappa shape index (κ2) is 8.45. The van der Waals surface area contributed by atoms with Gasteiger partial charge in [-0.3, -0.25) is 10.9 Å². The highest BCUT2D eigenvalue weighted by atomic mass is 35.5. The van der Waals surface area contributed by atoms with Crippen molar-refractivity contribution >= 4 is 51.9 Å². The summed E-state index contributed by atoms with van der Waals surface area (Å²) < 4.78 is 10.5. The molecule has 4 N–H and O–H groups in total. The quantitative estimate of drug-likeness (QED) is 0.442. The number of hydrogen-bond acceptors (Lipinski definition) is 4. The minimum absolute atomic E-state index is 0.352. The molecule has 0 spiro atoms. The van der Waals surface area contributed by atoms with Gasteiger partial charge in [0.2, 0.25) is 0 Å². The molecule has 2 bridgehead atoms. The van der Waals surface area contributed by atoms with E-state index in [4.69, 9.17) is 45.5 Å². The van der Waals surface area contributed by atoms with Crippen LogP contribution in [0.15, 0.2) is 12.1 Å². The summed E-state index contributed by atoms with van der Waals surface area (Å²) in [5, 5.41) is 7.79. The van der Waals surface area contributed by atoms with E-state index in [9.17, 15) is 0 Å². The van der Waals surface area contributed by atoms with Crippen LogP contribution in [0.5, 0.6) is 11.5 Å². The Hall–Kier alpha value is -1.51. The number of halogens is 1. The lowest BCUT2D eigenvalue weighted by molar-refractivity contribution is 0.389. The second-order valence-electron chi connectivity index (χ2n) is 6.65. The van der Waals surface area contributed by atoms with Crippen LogP contribution in [0.25, 0.3) is 0 Å².